The summed E-state index contributed by atoms with van der Waals surface area (Å²) < 4.78 is 9.85. The van der Waals surface area contributed by atoms with Gasteiger partial charge in [-0.2, -0.15) is 0 Å². The molecule has 13 aromatic carbocycles. The van der Waals surface area contributed by atoms with E-state index >= 15 is 0 Å². The Labute approximate surface area is 474 Å². The summed E-state index contributed by atoms with van der Waals surface area (Å²) in [4.78, 5) is 0. The van der Waals surface area contributed by atoms with Gasteiger partial charge in [-0.25, -0.2) is 0 Å². The average Bonchev–Trinajstić information content (AvgIpc) is 3.04. The van der Waals surface area contributed by atoms with Crippen LogP contribution in [-0.2, 0) is 0 Å². The highest BCUT2D eigenvalue weighted by Crippen LogP contribution is 2.49. The van der Waals surface area contributed by atoms with E-state index in [-0.39, 0.29) is 0 Å². The lowest BCUT2D eigenvalue weighted by Gasteiger charge is -2.20. The number of para-hydroxylation sites is 4. The molecule has 0 aliphatic carbocycles. The van der Waals surface area contributed by atoms with Crippen molar-refractivity contribution in [3.8, 4) is 45.0 Å². The van der Waals surface area contributed by atoms with Gasteiger partial charge in [0.1, 0.15) is 0 Å². The summed E-state index contributed by atoms with van der Waals surface area (Å²) in [6, 6.07) is 95.2. The molecule has 0 aliphatic rings. The van der Waals surface area contributed by atoms with Crippen molar-refractivity contribution in [2.45, 2.75) is 27.7 Å². The molecule has 4 heterocycles. The molecule has 0 atom stereocenters. The third-order valence-corrected chi connectivity index (χ3v) is 18.3. The Bertz CT molecular complexity index is 5200. The summed E-state index contributed by atoms with van der Waals surface area (Å²) in [5, 5.41) is 17.3. The molecule has 0 unspecified atom stereocenters. The third kappa shape index (κ3) is 6.67. The molecule has 386 valence electrons. The van der Waals surface area contributed by atoms with Crippen LogP contribution >= 0.6 is 0 Å². The van der Waals surface area contributed by atoms with Crippen LogP contribution in [0, 0.1) is 27.7 Å². The SMILES string of the molecule is Cc1c(C)n(-c2ccc3c(c2)c2ccccc2n3-c2ccccc2)c2cc3c(-c4ccc5ccccc5c4)c4cc5c(C)c(C)n(-c6ccc7c(c6)c6ccccc6n7-c6ccccc6)c5cc4c(-c4ccc5ccccc5c4)c3cc12. The van der Waals surface area contributed by atoms with Crippen LogP contribution in [-0.4, -0.2) is 18.3 Å². The molecule has 4 nitrogen and oxygen atoms in total. The summed E-state index contributed by atoms with van der Waals surface area (Å²) >= 11 is 0. The van der Waals surface area contributed by atoms with E-state index in [9.17, 15) is 0 Å². The first-order valence-corrected chi connectivity index (χ1v) is 28.6. The molecule has 0 radical (unpaired) electrons. The van der Waals surface area contributed by atoms with Gasteiger partial charge in [0, 0.05) is 66.5 Å². The quantitative estimate of drug-likeness (QED) is 0.148. The fourth-order valence-corrected chi connectivity index (χ4v) is 14.2. The molecule has 0 saturated carbocycles. The summed E-state index contributed by atoms with van der Waals surface area (Å²) in [5.74, 6) is 0. The molecule has 0 aliphatic heterocycles. The largest absolute Gasteiger partial charge is 0.314 e. The molecule has 0 amide bonds. The van der Waals surface area contributed by atoms with Gasteiger partial charge in [0.15, 0.2) is 0 Å². The highest BCUT2D eigenvalue weighted by Gasteiger charge is 2.25. The monoisotopic (exact) mass is 1050 g/mol. The third-order valence-electron chi connectivity index (χ3n) is 18.3. The van der Waals surface area contributed by atoms with Crippen molar-refractivity contribution in [3.05, 3.63) is 277 Å². The number of hydrogen-bond donors (Lipinski definition) is 0. The fourth-order valence-electron chi connectivity index (χ4n) is 14.2. The molecule has 0 spiro atoms. The van der Waals surface area contributed by atoms with Gasteiger partial charge in [-0.15, -0.1) is 0 Å². The molecule has 0 N–H and O–H groups in total. The Balaban J connectivity index is 0.983. The average molecular weight is 1050 g/mol. The molecular formula is C78H54N4. The summed E-state index contributed by atoms with van der Waals surface area (Å²) in [7, 11) is 0. The molecule has 17 rings (SSSR count). The van der Waals surface area contributed by atoms with Crippen LogP contribution in [0.5, 0.6) is 0 Å². The van der Waals surface area contributed by atoms with Crippen molar-refractivity contribution in [1.82, 2.24) is 18.3 Å². The zero-order chi connectivity index (χ0) is 54.5. The first-order valence-electron chi connectivity index (χ1n) is 28.6. The van der Waals surface area contributed by atoms with Crippen LogP contribution in [0.25, 0.3) is 154 Å². The van der Waals surface area contributed by atoms with E-state index in [0.29, 0.717) is 0 Å². The predicted octanol–water partition coefficient (Wildman–Crippen LogP) is 20.9. The lowest BCUT2D eigenvalue weighted by molar-refractivity contribution is 1.04. The lowest BCUT2D eigenvalue weighted by atomic mass is 9.84. The van der Waals surface area contributed by atoms with Crippen molar-refractivity contribution in [1.29, 1.82) is 0 Å². The van der Waals surface area contributed by atoms with Gasteiger partial charge in [-0.1, -0.05) is 146 Å². The number of hydrogen-bond acceptors (Lipinski definition) is 0. The van der Waals surface area contributed by atoms with Gasteiger partial charge in [0.05, 0.1) is 33.1 Å². The van der Waals surface area contributed by atoms with Crippen molar-refractivity contribution in [2.75, 3.05) is 0 Å². The zero-order valence-corrected chi connectivity index (χ0v) is 46.0. The number of aryl methyl sites for hydroxylation is 2. The number of fused-ring (bicyclic) bond motifs is 12. The molecule has 4 aromatic heterocycles. The Hall–Kier alpha value is -10.4. The van der Waals surface area contributed by atoms with Gasteiger partial charge in [0.25, 0.3) is 0 Å². The van der Waals surface area contributed by atoms with Gasteiger partial charge in [-0.3, -0.25) is 0 Å². The van der Waals surface area contributed by atoms with E-state index < -0.39 is 0 Å². The van der Waals surface area contributed by atoms with Crippen LogP contribution in [0.1, 0.15) is 22.5 Å². The molecule has 82 heavy (non-hydrogen) atoms. The highest BCUT2D eigenvalue weighted by molar-refractivity contribution is 6.26. The molecule has 17 aromatic rings. The lowest BCUT2D eigenvalue weighted by Crippen LogP contribution is -1.99. The standard InChI is InChI=1S/C78H54N4/c1-47-49(3)79(59-35-37-73-65(41-59)61-27-15-17-29-71(61)81(73)57-23-7-5-8-24-57)75-45-69-67(43-63(47)75)77(55-33-31-51-19-11-13-21-53(51)39-55)70-46-76-64(44-68(70)78(69)56-34-32-52-20-12-14-22-54(52)40-56)48(2)50(4)80(76)60-36-38-74-66(42-60)62-28-16-18-30-72(62)82(74)58-25-9-6-10-26-58/h5-46H,1-4H3. The van der Waals surface area contributed by atoms with Crippen LogP contribution in [0.15, 0.2) is 255 Å². The second-order valence-electron chi connectivity index (χ2n) is 22.6. The minimum Gasteiger partial charge on any atom is -0.314 e. The van der Waals surface area contributed by atoms with Crippen molar-refractivity contribution >= 4 is 109 Å². The molecule has 4 heteroatoms. The van der Waals surface area contributed by atoms with Gasteiger partial charge >= 0.3 is 0 Å². The Kier molecular flexibility index (Phi) is 9.94. The Morgan fingerprint density at radius 3 is 1.01 bits per heavy atom. The maximum atomic E-state index is 2.54. The zero-order valence-electron chi connectivity index (χ0n) is 46.0. The smallest absolute Gasteiger partial charge is 0.0542 e. The van der Waals surface area contributed by atoms with Crippen LogP contribution in [0.3, 0.4) is 0 Å². The normalized spacial score (nSPS) is 12.1. The molecule has 0 bridgehead atoms. The fraction of sp³-hybridized carbons (Fsp3) is 0.0513. The van der Waals surface area contributed by atoms with E-state index in [4.69, 9.17) is 0 Å². The summed E-state index contributed by atoms with van der Waals surface area (Å²) in [5.41, 5.74) is 21.7. The highest BCUT2D eigenvalue weighted by atomic mass is 15.0. The maximum Gasteiger partial charge on any atom is 0.0542 e. The molecule has 0 saturated heterocycles. The second kappa shape index (κ2) is 17.5. The maximum absolute atomic E-state index is 2.54. The summed E-state index contributed by atoms with van der Waals surface area (Å²) in [6.45, 7) is 9.24. The molecule has 0 fully saturated rings. The Morgan fingerprint density at radius 1 is 0.207 bits per heavy atom. The first kappa shape index (κ1) is 46.5. The number of rotatable bonds is 6. The van der Waals surface area contributed by atoms with E-state index in [2.05, 4.69) is 301 Å². The van der Waals surface area contributed by atoms with E-state index in [1.54, 1.807) is 0 Å². The number of benzene rings is 13. The van der Waals surface area contributed by atoms with Crippen molar-refractivity contribution < 1.29 is 0 Å². The van der Waals surface area contributed by atoms with Gasteiger partial charge < -0.3 is 18.3 Å². The number of aromatic nitrogens is 4. The summed E-state index contributed by atoms with van der Waals surface area (Å²) in [6.07, 6.45) is 0. The topological polar surface area (TPSA) is 19.7 Å². The number of nitrogens with zero attached hydrogens (tertiary/aromatic N) is 4. The Morgan fingerprint density at radius 2 is 0.573 bits per heavy atom. The van der Waals surface area contributed by atoms with Crippen molar-refractivity contribution in [2.24, 2.45) is 0 Å². The van der Waals surface area contributed by atoms with E-state index in [0.717, 1.165) is 22.7 Å². The van der Waals surface area contributed by atoms with Crippen LogP contribution < -0.4 is 0 Å². The predicted molar refractivity (Wildman–Crippen MR) is 349 cm³/mol. The minimum atomic E-state index is 1.15. The van der Waals surface area contributed by atoms with E-state index in [1.807, 2.05) is 0 Å². The van der Waals surface area contributed by atoms with Crippen LogP contribution in [0.2, 0.25) is 0 Å². The van der Waals surface area contributed by atoms with Gasteiger partial charge in [0.2, 0.25) is 0 Å². The minimum absolute atomic E-state index is 1.15. The van der Waals surface area contributed by atoms with Crippen molar-refractivity contribution in [3.63, 3.8) is 0 Å². The van der Waals surface area contributed by atoms with Gasteiger partial charge in [-0.05, 0) is 213 Å². The van der Waals surface area contributed by atoms with Crippen LogP contribution in [0.4, 0.5) is 0 Å². The second-order valence-corrected chi connectivity index (χ2v) is 22.6. The van der Waals surface area contributed by atoms with E-state index in [1.165, 1.54) is 153 Å². The first-order chi connectivity index (χ1) is 40.3. The molecular weight excluding hydrogens is 993 g/mol.